The molecule has 3 aromatic heterocycles. The second-order valence-electron chi connectivity index (χ2n) is 6.89. The van der Waals surface area contributed by atoms with E-state index < -0.39 is 23.0 Å². The van der Waals surface area contributed by atoms with Gasteiger partial charge < -0.3 is 5.32 Å². The van der Waals surface area contributed by atoms with Crippen molar-refractivity contribution in [1.82, 2.24) is 40.3 Å². The van der Waals surface area contributed by atoms with Crippen molar-refractivity contribution >= 4 is 28.8 Å². The summed E-state index contributed by atoms with van der Waals surface area (Å²) in [6, 6.07) is 2.90. The molecule has 0 radical (unpaired) electrons. The zero-order valence-corrected chi connectivity index (χ0v) is 17.8. The van der Waals surface area contributed by atoms with Gasteiger partial charge in [0.1, 0.15) is 21.7 Å². The molecule has 0 spiro atoms. The number of tetrazole rings is 1. The highest BCUT2D eigenvalue weighted by atomic mass is 35.5. The summed E-state index contributed by atoms with van der Waals surface area (Å²) < 4.78 is 28.7. The number of benzene rings is 1. The number of amides is 1. The molecule has 4 rings (SSSR count). The summed E-state index contributed by atoms with van der Waals surface area (Å²) in [5, 5.41) is 20.9. The fraction of sp³-hybridized carbons (Fsp3) is 0.222. The Bertz CT molecular complexity index is 1210. The Labute approximate surface area is 183 Å². The molecule has 9 nitrogen and oxygen atoms in total. The summed E-state index contributed by atoms with van der Waals surface area (Å²) in [7, 11) is 1.79. The zero-order valence-electron chi connectivity index (χ0n) is 16.3. The number of hydrogen-bond acceptors (Lipinski definition) is 7. The van der Waals surface area contributed by atoms with Crippen LogP contribution < -0.4 is 5.32 Å². The fourth-order valence-corrected chi connectivity index (χ4v) is 4.03. The van der Waals surface area contributed by atoms with E-state index in [1.54, 1.807) is 23.3 Å². The molecule has 1 aromatic carbocycles. The predicted molar refractivity (Wildman–Crippen MR) is 108 cm³/mol. The second-order valence-corrected chi connectivity index (χ2v) is 8.14. The number of aryl methyl sites for hydroxylation is 1. The van der Waals surface area contributed by atoms with Crippen molar-refractivity contribution in [3.63, 3.8) is 0 Å². The molecule has 1 amide bonds. The van der Waals surface area contributed by atoms with Gasteiger partial charge in [-0.15, -0.1) is 26.3 Å². The number of nitrogens with zero attached hydrogens (tertiary/aromatic N) is 7. The van der Waals surface area contributed by atoms with Gasteiger partial charge in [-0.05, 0) is 24.3 Å². The molecule has 0 aliphatic carbocycles. The van der Waals surface area contributed by atoms with Gasteiger partial charge in [-0.25, -0.2) is 13.8 Å². The van der Waals surface area contributed by atoms with Crippen molar-refractivity contribution < 1.29 is 13.6 Å². The maximum atomic E-state index is 13.9. The van der Waals surface area contributed by atoms with Crippen LogP contribution in [0.15, 0.2) is 36.0 Å². The fourth-order valence-electron chi connectivity index (χ4n) is 2.90. The summed E-state index contributed by atoms with van der Waals surface area (Å²) >= 11 is 7.37. The van der Waals surface area contributed by atoms with E-state index in [0.29, 0.717) is 16.2 Å². The summed E-state index contributed by atoms with van der Waals surface area (Å²) in [5.74, 6) is -2.51. The van der Waals surface area contributed by atoms with Crippen molar-refractivity contribution in [2.75, 3.05) is 6.54 Å². The molecular formula is C18H15ClF2N8OS. The standard InChI is InChI=1S/C18H15ClF2N8OS/c1-18(10-6-23-28(2)7-10,17-24-14(19)8-31-17)9-22-16(30)15-25-27-29(26-15)13-4-3-11(20)5-12(13)21/h3-8H,9H2,1-2H3,(H,22,30). The van der Waals surface area contributed by atoms with E-state index in [0.717, 1.165) is 22.5 Å². The van der Waals surface area contributed by atoms with Gasteiger partial charge in [-0.1, -0.05) is 11.6 Å². The number of rotatable bonds is 6. The molecule has 3 heterocycles. The van der Waals surface area contributed by atoms with Crippen LogP contribution in [0.3, 0.4) is 0 Å². The average Bonchev–Trinajstić information content (AvgIpc) is 3.47. The molecule has 1 N–H and O–H groups in total. The smallest absolute Gasteiger partial charge is 0.292 e. The maximum absolute atomic E-state index is 13.9. The van der Waals surface area contributed by atoms with Crippen LogP contribution in [0, 0.1) is 11.6 Å². The van der Waals surface area contributed by atoms with E-state index >= 15 is 0 Å². The number of carbonyl (C=O) groups excluding carboxylic acids is 1. The Morgan fingerprint density at radius 3 is 2.81 bits per heavy atom. The molecule has 1 atom stereocenters. The summed E-state index contributed by atoms with van der Waals surface area (Å²) in [5.41, 5.74) is -0.0299. The SMILES string of the molecule is Cn1cc(C(C)(CNC(=O)c2nnn(-c3ccc(F)cc3F)n2)c2nc(Cl)cs2)cn1. The third-order valence-corrected chi connectivity index (χ3v) is 6.06. The lowest BCUT2D eigenvalue weighted by atomic mass is 9.85. The number of aromatic nitrogens is 7. The van der Waals surface area contributed by atoms with Gasteiger partial charge in [-0.2, -0.15) is 5.10 Å². The second kappa shape index (κ2) is 8.12. The lowest BCUT2D eigenvalue weighted by Gasteiger charge is -2.26. The number of thiazole rings is 1. The molecule has 31 heavy (non-hydrogen) atoms. The monoisotopic (exact) mass is 464 g/mol. The third-order valence-electron chi connectivity index (χ3n) is 4.63. The number of carbonyl (C=O) groups is 1. The zero-order chi connectivity index (χ0) is 22.2. The first kappa shape index (κ1) is 21.0. The van der Waals surface area contributed by atoms with E-state index in [-0.39, 0.29) is 18.1 Å². The minimum Gasteiger partial charge on any atom is -0.348 e. The van der Waals surface area contributed by atoms with E-state index in [1.165, 1.54) is 11.3 Å². The van der Waals surface area contributed by atoms with Crippen LogP contribution in [0.2, 0.25) is 5.15 Å². The molecule has 0 saturated carbocycles. The van der Waals surface area contributed by atoms with Gasteiger partial charge in [0.15, 0.2) is 5.82 Å². The Kier molecular flexibility index (Phi) is 5.50. The van der Waals surface area contributed by atoms with Crippen molar-refractivity contribution in [2.45, 2.75) is 12.3 Å². The Morgan fingerprint density at radius 2 is 2.16 bits per heavy atom. The normalized spacial score (nSPS) is 13.2. The highest BCUT2D eigenvalue weighted by molar-refractivity contribution is 7.10. The molecule has 4 aromatic rings. The summed E-state index contributed by atoms with van der Waals surface area (Å²) in [6.07, 6.45) is 3.51. The van der Waals surface area contributed by atoms with Crippen LogP contribution >= 0.6 is 22.9 Å². The van der Waals surface area contributed by atoms with Crippen LogP contribution in [-0.4, -0.2) is 47.4 Å². The first-order valence-corrected chi connectivity index (χ1v) is 10.2. The Morgan fingerprint density at radius 1 is 1.35 bits per heavy atom. The number of nitrogens with one attached hydrogen (secondary N) is 1. The lowest BCUT2D eigenvalue weighted by molar-refractivity contribution is 0.0936. The number of halogens is 3. The molecular weight excluding hydrogens is 450 g/mol. The Balaban J connectivity index is 1.56. The average molecular weight is 465 g/mol. The van der Waals surface area contributed by atoms with Crippen LogP contribution in [0.4, 0.5) is 8.78 Å². The third kappa shape index (κ3) is 4.16. The van der Waals surface area contributed by atoms with E-state index in [1.807, 2.05) is 13.1 Å². The van der Waals surface area contributed by atoms with Gasteiger partial charge in [-0.3, -0.25) is 9.48 Å². The quantitative estimate of drug-likeness (QED) is 0.470. The van der Waals surface area contributed by atoms with Crippen molar-refractivity contribution in [2.24, 2.45) is 7.05 Å². The van der Waals surface area contributed by atoms with E-state index in [4.69, 9.17) is 11.6 Å². The molecule has 0 aliphatic rings. The van der Waals surface area contributed by atoms with Crippen LogP contribution in [0.5, 0.6) is 0 Å². The van der Waals surface area contributed by atoms with Gasteiger partial charge in [0.05, 0.1) is 11.6 Å². The maximum Gasteiger partial charge on any atom is 0.292 e. The predicted octanol–water partition coefficient (Wildman–Crippen LogP) is 2.52. The highest BCUT2D eigenvalue weighted by Gasteiger charge is 2.34. The number of hydrogen-bond donors (Lipinski definition) is 1. The van der Waals surface area contributed by atoms with Crippen LogP contribution in [0.1, 0.15) is 28.1 Å². The van der Waals surface area contributed by atoms with Crippen LogP contribution in [-0.2, 0) is 12.5 Å². The Hall–Kier alpha value is -3.25. The molecule has 160 valence electrons. The van der Waals surface area contributed by atoms with Crippen LogP contribution in [0.25, 0.3) is 5.69 Å². The topological polar surface area (TPSA) is 103 Å². The molecule has 1 unspecified atom stereocenters. The molecule has 0 fully saturated rings. The van der Waals surface area contributed by atoms with Gasteiger partial charge in [0, 0.05) is 36.8 Å². The molecule has 0 bridgehead atoms. The van der Waals surface area contributed by atoms with Crippen molar-refractivity contribution in [1.29, 1.82) is 0 Å². The largest absolute Gasteiger partial charge is 0.348 e. The first-order valence-electron chi connectivity index (χ1n) is 8.90. The van der Waals surface area contributed by atoms with E-state index in [2.05, 4.69) is 30.8 Å². The first-order chi connectivity index (χ1) is 14.8. The lowest BCUT2D eigenvalue weighted by Crippen LogP contribution is -2.39. The highest BCUT2D eigenvalue weighted by Crippen LogP contribution is 2.34. The van der Waals surface area contributed by atoms with Gasteiger partial charge >= 0.3 is 0 Å². The van der Waals surface area contributed by atoms with Crippen molar-refractivity contribution in [3.05, 3.63) is 69.2 Å². The van der Waals surface area contributed by atoms with Crippen molar-refractivity contribution in [3.8, 4) is 5.69 Å². The molecule has 0 saturated heterocycles. The van der Waals surface area contributed by atoms with Gasteiger partial charge in [0.2, 0.25) is 0 Å². The minimum atomic E-state index is -0.880. The summed E-state index contributed by atoms with van der Waals surface area (Å²) in [4.78, 5) is 17.8. The minimum absolute atomic E-state index is 0.134. The van der Waals surface area contributed by atoms with E-state index in [9.17, 15) is 13.6 Å². The molecule has 0 aliphatic heterocycles. The van der Waals surface area contributed by atoms with Gasteiger partial charge in [0.25, 0.3) is 11.7 Å². The molecule has 13 heteroatoms. The summed E-state index contributed by atoms with van der Waals surface area (Å²) in [6.45, 7) is 2.04.